The van der Waals surface area contributed by atoms with Crippen LogP contribution < -0.4 is 14.4 Å². The Labute approximate surface area is 139 Å². The smallest absolute Gasteiger partial charge is 0.335 e. The molecule has 0 fully saturated rings. The van der Waals surface area contributed by atoms with Crippen molar-refractivity contribution in [3.05, 3.63) is 54.1 Å². The summed E-state index contributed by atoms with van der Waals surface area (Å²) in [4.78, 5) is 24.5. The maximum Gasteiger partial charge on any atom is 0.335 e. The van der Waals surface area contributed by atoms with Crippen LogP contribution in [-0.2, 0) is 4.79 Å². The van der Waals surface area contributed by atoms with E-state index in [-0.39, 0.29) is 18.1 Å². The van der Waals surface area contributed by atoms with Gasteiger partial charge in [-0.1, -0.05) is 12.1 Å². The van der Waals surface area contributed by atoms with E-state index in [1.165, 1.54) is 12.1 Å². The third-order valence-corrected chi connectivity index (χ3v) is 3.70. The van der Waals surface area contributed by atoms with Crippen LogP contribution >= 0.6 is 0 Å². The summed E-state index contributed by atoms with van der Waals surface area (Å²) in [6.45, 7) is 1.01. The van der Waals surface area contributed by atoms with Crippen LogP contribution in [0.15, 0.2) is 48.5 Å². The number of carboxylic acids is 1. The van der Waals surface area contributed by atoms with E-state index < -0.39 is 5.97 Å². The van der Waals surface area contributed by atoms with Crippen molar-refractivity contribution in [1.29, 1.82) is 0 Å². The lowest BCUT2D eigenvalue weighted by molar-refractivity contribution is -0.121. The van der Waals surface area contributed by atoms with E-state index in [2.05, 4.69) is 0 Å². The number of hydrogen-bond donors (Lipinski definition) is 1. The summed E-state index contributed by atoms with van der Waals surface area (Å²) in [5.41, 5.74) is 0.998. The highest BCUT2D eigenvalue weighted by atomic mass is 16.5. The van der Waals surface area contributed by atoms with Gasteiger partial charge in [-0.25, -0.2) is 4.79 Å². The molecule has 24 heavy (non-hydrogen) atoms. The molecule has 2 aromatic rings. The van der Waals surface area contributed by atoms with E-state index in [0.29, 0.717) is 31.1 Å². The fourth-order valence-corrected chi connectivity index (χ4v) is 2.51. The average molecular weight is 327 g/mol. The van der Waals surface area contributed by atoms with Gasteiger partial charge in [0.25, 0.3) is 5.91 Å². The van der Waals surface area contributed by atoms with Crippen molar-refractivity contribution in [2.24, 2.45) is 0 Å². The van der Waals surface area contributed by atoms with Crippen LogP contribution in [0.5, 0.6) is 11.5 Å². The van der Waals surface area contributed by atoms with Gasteiger partial charge in [-0.15, -0.1) is 0 Å². The van der Waals surface area contributed by atoms with Crippen LogP contribution in [0, 0.1) is 0 Å². The fourth-order valence-electron chi connectivity index (χ4n) is 2.51. The molecule has 6 heteroatoms. The summed E-state index contributed by atoms with van der Waals surface area (Å²) in [6.07, 6.45) is 0.654. The summed E-state index contributed by atoms with van der Waals surface area (Å²) in [5.74, 6) is 0.279. The van der Waals surface area contributed by atoms with Crippen molar-refractivity contribution in [1.82, 2.24) is 0 Å². The lowest BCUT2D eigenvalue weighted by Crippen LogP contribution is -2.39. The zero-order valence-corrected chi connectivity index (χ0v) is 13.0. The Balaban J connectivity index is 1.53. The number of carboxylic acid groups (broad SMARTS) is 1. The fraction of sp³-hybridized carbons (Fsp3) is 0.222. The lowest BCUT2D eigenvalue weighted by atomic mass is 10.2. The highest BCUT2D eigenvalue weighted by molar-refractivity contribution is 5.97. The van der Waals surface area contributed by atoms with E-state index in [4.69, 9.17) is 14.6 Å². The number of anilines is 1. The first-order valence-corrected chi connectivity index (χ1v) is 7.63. The van der Waals surface area contributed by atoms with Crippen LogP contribution in [0.2, 0.25) is 0 Å². The molecule has 3 rings (SSSR count). The standard InChI is InChI=1S/C18H17NO5/c20-17-12-24-16-5-2-1-4-15(16)19(17)10-3-11-23-14-8-6-13(7-9-14)18(21)22/h1-2,4-9H,3,10-12H2,(H,21,22). The van der Waals surface area contributed by atoms with Gasteiger partial charge in [0.05, 0.1) is 17.9 Å². The minimum Gasteiger partial charge on any atom is -0.494 e. The SMILES string of the molecule is O=C(O)c1ccc(OCCCN2C(=O)COc3ccccc32)cc1. The Bertz CT molecular complexity index is 741. The van der Waals surface area contributed by atoms with Gasteiger partial charge in [0.2, 0.25) is 0 Å². The van der Waals surface area contributed by atoms with E-state index in [0.717, 1.165) is 5.69 Å². The number of para-hydroxylation sites is 2. The van der Waals surface area contributed by atoms with Crippen molar-refractivity contribution in [3.63, 3.8) is 0 Å². The van der Waals surface area contributed by atoms with Crippen molar-refractivity contribution in [2.45, 2.75) is 6.42 Å². The maximum atomic E-state index is 12.0. The van der Waals surface area contributed by atoms with Gasteiger partial charge < -0.3 is 19.5 Å². The second kappa shape index (κ2) is 7.04. The summed E-state index contributed by atoms with van der Waals surface area (Å²) in [6, 6.07) is 13.7. The zero-order chi connectivity index (χ0) is 16.9. The number of fused-ring (bicyclic) bond motifs is 1. The quantitative estimate of drug-likeness (QED) is 0.825. The molecule has 124 valence electrons. The highest BCUT2D eigenvalue weighted by Gasteiger charge is 2.24. The van der Waals surface area contributed by atoms with E-state index in [1.807, 2.05) is 24.3 Å². The molecule has 6 nitrogen and oxygen atoms in total. The Morgan fingerprint density at radius 1 is 1.17 bits per heavy atom. The number of carbonyl (C=O) groups excluding carboxylic acids is 1. The molecule has 0 aromatic heterocycles. The molecule has 0 spiro atoms. The van der Waals surface area contributed by atoms with E-state index in [1.54, 1.807) is 17.0 Å². The number of amides is 1. The molecule has 1 aliphatic rings. The van der Waals surface area contributed by atoms with Crippen molar-refractivity contribution < 1.29 is 24.2 Å². The number of hydrogen-bond acceptors (Lipinski definition) is 4. The van der Waals surface area contributed by atoms with Crippen molar-refractivity contribution in [3.8, 4) is 11.5 Å². The van der Waals surface area contributed by atoms with Crippen LogP contribution in [0.3, 0.4) is 0 Å². The Morgan fingerprint density at radius 3 is 2.67 bits per heavy atom. The molecule has 1 N–H and O–H groups in total. The molecular formula is C18H17NO5. The Morgan fingerprint density at radius 2 is 1.92 bits per heavy atom. The van der Waals surface area contributed by atoms with Gasteiger partial charge in [-0.05, 0) is 42.8 Å². The number of carbonyl (C=O) groups is 2. The predicted molar refractivity (Wildman–Crippen MR) is 87.8 cm³/mol. The molecular weight excluding hydrogens is 310 g/mol. The molecule has 0 aliphatic carbocycles. The topological polar surface area (TPSA) is 76.1 Å². The third-order valence-electron chi connectivity index (χ3n) is 3.70. The second-order valence-electron chi connectivity index (χ2n) is 5.33. The molecule has 1 amide bonds. The van der Waals surface area contributed by atoms with E-state index in [9.17, 15) is 9.59 Å². The van der Waals surface area contributed by atoms with Gasteiger partial charge in [0.1, 0.15) is 11.5 Å². The molecule has 0 bridgehead atoms. The van der Waals surface area contributed by atoms with Crippen LogP contribution in [0.25, 0.3) is 0 Å². The maximum absolute atomic E-state index is 12.0. The van der Waals surface area contributed by atoms with Crippen molar-refractivity contribution >= 4 is 17.6 Å². The molecule has 1 heterocycles. The van der Waals surface area contributed by atoms with Crippen molar-refractivity contribution in [2.75, 3.05) is 24.7 Å². The first-order chi connectivity index (χ1) is 11.6. The number of aromatic carboxylic acids is 1. The first-order valence-electron chi connectivity index (χ1n) is 7.63. The van der Waals surface area contributed by atoms with Crippen LogP contribution in [0.1, 0.15) is 16.8 Å². The minimum atomic E-state index is -0.967. The number of rotatable bonds is 6. The van der Waals surface area contributed by atoms with Gasteiger partial charge in [-0.2, -0.15) is 0 Å². The summed E-state index contributed by atoms with van der Waals surface area (Å²) in [7, 11) is 0. The molecule has 0 unspecified atom stereocenters. The summed E-state index contributed by atoms with van der Waals surface area (Å²) >= 11 is 0. The molecule has 0 saturated carbocycles. The number of ether oxygens (including phenoxy) is 2. The van der Waals surface area contributed by atoms with Gasteiger partial charge >= 0.3 is 5.97 Å². The van der Waals surface area contributed by atoms with Crippen LogP contribution in [0.4, 0.5) is 5.69 Å². The molecule has 0 atom stereocenters. The second-order valence-corrected chi connectivity index (χ2v) is 5.33. The zero-order valence-electron chi connectivity index (χ0n) is 13.0. The minimum absolute atomic E-state index is 0.0501. The normalized spacial score (nSPS) is 13.2. The third kappa shape index (κ3) is 3.48. The number of nitrogens with zero attached hydrogens (tertiary/aromatic N) is 1. The largest absolute Gasteiger partial charge is 0.494 e. The van der Waals surface area contributed by atoms with Gasteiger partial charge in [0.15, 0.2) is 6.61 Å². The molecule has 0 saturated heterocycles. The van der Waals surface area contributed by atoms with E-state index >= 15 is 0 Å². The molecule has 2 aromatic carbocycles. The first kappa shape index (κ1) is 15.9. The monoisotopic (exact) mass is 327 g/mol. The average Bonchev–Trinajstić information content (AvgIpc) is 2.60. The summed E-state index contributed by atoms with van der Waals surface area (Å²) < 4.78 is 11.0. The van der Waals surface area contributed by atoms with Crippen LogP contribution in [-0.4, -0.2) is 36.7 Å². The molecule has 1 aliphatic heterocycles. The predicted octanol–water partition coefficient (Wildman–Crippen LogP) is 2.58. The highest BCUT2D eigenvalue weighted by Crippen LogP contribution is 2.31. The van der Waals surface area contributed by atoms with Gasteiger partial charge in [0, 0.05) is 6.54 Å². The Kier molecular flexibility index (Phi) is 4.65. The molecule has 0 radical (unpaired) electrons. The lowest BCUT2D eigenvalue weighted by Gasteiger charge is -2.29. The van der Waals surface area contributed by atoms with Gasteiger partial charge in [-0.3, -0.25) is 4.79 Å². The number of benzene rings is 2. The summed E-state index contributed by atoms with van der Waals surface area (Å²) in [5, 5.41) is 8.85. The Hall–Kier alpha value is -3.02.